The zero-order valence-corrected chi connectivity index (χ0v) is 13.1. The van der Waals surface area contributed by atoms with Crippen LogP contribution in [-0.2, 0) is 13.0 Å². The predicted molar refractivity (Wildman–Crippen MR) is 86.6 cm³/mol. The highest BCUT2D eigenvalue weighted by Gasteiger charge is 2.19. The van der Waals surface area contributed by atoms with E-state index in [0.717, 1.165) is 25.6 Å². The molecule has 1 fully saturated rings. The summed E-state index contributed by atoms with van der Waals surface area (Å²) in [7, 11) is 0. The molecule has 0 amide bonds. The highest BCUT2D eigenvalue weighted by molar-refractivity contribution is 5.26. The van der Waals surface area contributed by atoms with Crippen LogP contribution in [0.25, 0.3) is 0 Å². The van der Waals surface area contributed by atoms with E-state index in [2.05, 4.69) is 54.2 Å². The van der Waals surface area contributed by atoms with Gasteiger partial charge in [0.05, 0.1) is 12.2 Å². The molecule has 21 heavy (non-hydrogen) atoms. The molecule has 0 aliphatic heterocycles. The lowest BCUT2D eigenvalue weighted by molar-refractivity contribution is 0.640. The number of rotatable bonds is 7. The van der Waals surface area contributed by atoms with Gasteiger partial charge in [-0.2, -0.15) is 5.10 Å². The van der Waals surface area contributed by atoms with Crippen molar-refractivity contribution in [3.05, 3.63) is 52.8 Å². The molecule has 1 aromatic heterocycles. The highest BCUT2D eigenvalue weighted by atomic mass is 15.3. The number of hydrogen-bond acceptors (Lipinski definition) is 2. The van der Waals surface area contributed by atoms with Crippen molar-refractivity contribution in [2.45, 2.75) is 52.1 Å². The summed E-state index contributed by atoms with van der Waals surface area (Å²) in [6, 6.07) is 11.4. The standard InChI is InChI=1S/C18H25N3/c1-14-18(9-6-12-19-17-10-11-17)15(2)21(20-14)13-16-7-4-3-5-8-16/h3-5,7-8,17,19H,6,9-13H2,1-2H3. The van der Waals surface area contributed by atoms with Gasteiger partial charge in [-0.25, -0.2) is 0 Å². The fraction of sp³-hybridized carbons (Fsp3) is 0.500. The quantitative estimate of drug-likeness (QED) is 0.791. The van der Waals surface area contributed by atoms with E-state index in [1.54, 1.807) is 0 Å². The summed E-state index contributed by atoms with van der Waals surface area (Å²) < 4.78 is 2.15. The SMILES string of the molecule is Cc1nn(Cc2ccccc2)c(C)c1CCCNC1CC1. The van der Waals surface area contributed by atoms with Crippen LogP contribution in [0, 0.1) is 13.8 Å². The lowest BCUT2D eigenvalue weighted by atomic mass is 10.1. The molecule has 1 aliphatic rings. The second kappa shape index (κ2) is 6.44. The maximum absolute atomic E-state index is 4.73. The molecular weight excluding hydrogens is 258 g/mol. The van der Waals surface area contributed by atoms with Crippen molar-refractivity contribution in [1.82, 2.24) is 15.1 Å². The van der Waals surface area contributed by atoms with Gasteiger partial charge in [-0.1, -0.05) is 30.3 Å². The van der Waals surface area contributed by atoms with E-state index in [1.165, 1.54) is 41.8 Å². The Balaban J connectivity index is 1.61. The Morgan fingerprint density at radius 1 is 1.19 bits per heavy atom. The second-order valence-corrected chi connectivity index (χ2v) is 6.12. The Bertz CT molecular complexity index is 582. The van der Waals surface area contributed by atoms with Gasteiger partial charge in [-0.05, 0) is 57.2 Å². The fourth-order valence-electron chi connectivity index (χ4n) is 2.86. The van der Waals surface area contributed by atoms with Gasteiger partial charge in [0.25, 0.3) is 0 Å². The highest BCUT2D eigenvalue weighted by Crippen LogP contribution is 2.19. The third-order valence-electron chi connectivity index (χ3n) is 4.32. The Kier molecular flexibility index (Phi) is 4.39. The molecular formula is C18H25N3. The molecule has 3 nitrogen and oxygen atoms in total. The van der Waals surface area contributed by atoms with Gasteiger partial charge in [0, 0.05) is 11.7 Å². The van der Waals surface area contributed by atoms with Crippen LogP contribution in [0.4, 0.5) is 0 Å². The number of nitrogens with one attached hydrogen (secondary N) is 1. The van der Waals surface area contributed by atoms with Gasteiger partial charge in [0.15, 0.2) is 0 Å². The van der Waals surface area contributed by atoms with Crippen LogP contribution in [0.5, 0.6) is 0 Å². The van der Waals surface area contributed by atoms with E-state index in [1.807, 2.05) is 0 Å². The molecule has 1 aliphatic carbocycles. The van der Waals surface area contributed by atoms with Crippen molar-refractivity contribution in [2.24, 2.45) is 0 Å². The first-order valence-corrected chi connectivity index (χ1v) is 8.04. The molecule has 2 aromatic rings. The van der Waals surface area contributed by atoms with Crippen LogP contribution < -0.4 is 5.32 Å². The monoisotopic (exact) mass is 283 g/mol. The molecule has 0 bridgehead atoms. The summed E-state index contributed by atoms with van der Waals surface area (Å²) in [6.07, 6.45) is 5.07. The molecule has 0 atom stereocenters. The maximum atomic E-state index is 4.73. The van der Waals surface area contributed by atoms with Crippen molar-refractivity contribution in [2.75, 3.05) is 6.54 Å². The van der Waals surface area contributed by atoms with Gasteiger partial charge in [-0.3, -0.25) is 4.68 Å². The Labute approximate surface area is 127 Å². The lowest BCUT2D eigenvalue weighted by Crippen LogP contribution is -2.18. The van der Waals surface area contributed by atoms with E-state index in [0.29, 0.717) is 0 Å². The Hall–Kier alpha value is -1.61. The molecule has 3 heteroatoms. The molecule has 1 saturated carbocycles. The van der Waals surface area contributed by atoms with Gasteiger partial charge >= 0.3 is 0 Å². The van der Waals surface area contributed by atoms with Crippen molar-refractivity contribution in [3.8, 4) is 0 Å². The van der Waals surface area contributed by atoms with Gasteiger partial charge < -0.3 is 5.32 Å². The first-order chi connectivity index (χ1) is 10.2. The predicted octanol–water partition coefficient (Wildman–Crippen LogP) is 3.23. The topological polar surface area (TPSA) is 29.9 Å². The van der Waals surface area contributed by atoms with Crippen LogP contribution in [-0.4, -0.2) is 22.4 Å². The number of aryl methyl sites for hydroxylation is 1. The first kappa shape index (κ1) is 14.3. The molecule has 1 aromatic carbocycles. The summed E-state index contributed by atoms with van der Waals surface area (Å²) in [5.41, 5.74) is 5.26. The lowest BCUT2D eigenvalue weighted by Gasteiger charge is -2.06. The molecule has 0 unspecified atom stereocenters. The van der Waals surface area contributed by atoms with Crippen molar-refractivity contribution < 1.29 is 0 Å². The maximum Gasteiger partial charge on any atom is 0.0662 e. The fourth-order valence-corrected chi connectivity index (χ4v) is 2.86. The van der Waals surface area contributed by atoms with Gasteiger partial charge in [0.1, 0.15) is 0 Å². The normalized spacial score (nSPS) is 14.6. The average Bonchev–Trinajstić information content (AvgIpc) is 3.27. The largest absolute Gasteiger partial charge is 0.314 e. The van der Waals surface area contributed by atoms with Crippen LogP contribution in [0.1, 0.15) is 41.8 Å². The summed E-state index contributed by atoms with van der Waals surface area (Å²) in [5, 5.41) is 8.31. The minimum atomic E-state index is 0.813. The molecule has 112 valence electrons. The van der Waals surface area contributed by atoms with Crippen LogP contribution in [0.3, 0.4) is 0 Å². The van der Waals surface area contributed by atoms with Gasteiger partial charge in [0.2, 0.25) is 0 Å². The van der Waals surface area contributed by atoms with Crippen LogP contribution in [0.2, 0.25) is 0 Å². The zero-order chi connectivity index (χ0) is 14.7. The first-order valence-electron chi connectivity index (χ1n) is 8.04. The molecule has 1 N–H and O–H groups in total. The smallest absolute Gasteiger partial charge is 0.0662 e. The van der Waals surface area contributed by atoms with E-state index < -0.39 is 0 Å². The second-order valence-electron chi connectivity index (χ2n) is 6.12. The van der Waals surface area contributed by atoms with Crippen molar-refractivity contribution >= 4 is 0 Å². The summed E-state index contributed by atoms with van der Waals surface area (Å²) >= 11 is 0. The van der Waals surface area contributed by atoms with E-state index in [-0.39, 0.29) is 0 Å². The van der Waals surface area contributed by atoms with Crippen LogP contribution in [0.15, 0.2) is 30.3 Å². The van der Waals surface area contributed by atoms with E-state index in [9.17, 15) is 0 Å². The van der Waals surface area contributed by atoms with Crippen LogP contribution >= 0.6 is 0 Å². The third kappa shape index (κ3) is 3.73. The Morgan fingerprint density at radius 3 is 2.67 bits per heavy atom. The Morgan fingerprint density at radius 2 is 1.95 bits per heavy atom. The summed E-state index contributed by atoms with van der Waals surface area (Å²) in [4.78, 5) is 0. The van der Waals surface area contributed by atoms with Crippen molar-refractivity contribution in [3.63, 3.8) is 0 Å². The zero-order valence-electron chi connectivity index (χ0n) is 13.1. The molecule has 1 heterocycles. The van der Waals surface area contributed by atoms with Crippen molar-refractivity contribution in [1.29, 1.82) is 0 Å². The number of aromatic nitrogens is 2. The van der Waals surface area contributed by atoms with E-state index >= 15 is 0 Å². The minimum Gasteiger partial charge on any atom is -0.314 e. The average molecular weight is 283 g/mol. The summed E-state index contributed by atoms with van der Waals surface area (Å²) in [5.74, 6) is 0. The molecule has 0 saturated heterocycles. The minimum absolute atomic E-state index is 0.813. The third-order valence-corrected chi connectivity index (χ3v) is 4.32. The van der Waals surface area contributed by atoms with E-state index in [4.69, 9.17) is 5.10 Å². The van der Waals surface area contributed by atoms with Gasteiger partial charge in [-0.15, -0.1) is 0 Å². The summed E-state index contributed by atoms with van der Waals surface area (Å²) in [6.45, 7) is 6.34. The molecule has 3 rings (SSSR count). The number of benzene rings is 1. The number of hydrogen-bond donors (Lipinski definition) is 1. The number of nitrogens with zero attached hydrogens (tertiary/aromatic N) is 2. The molecule has 0 radical (unpaired) electrons. The molecule has 0 spiro atoms.